The van der Waals surface area contributed by atoms with Crippen molar-refractivity contribution in [3.63, 3.8) is 0 Å². The third-order valence-corrected chi connectivity index (χ3v) is 11.0. The molecule has 0 amide bonds. The number of ether oxygens (including phenoxy) is 2. The van der Waals surface area contributed by atoms with E-state index in [0.717, 1.165) is 83.5 Å². The van der Waals surface area contributed by atoms with Crippen LogP contribution in [0, 0.1) is 0 Å². The van der Waals surface area contributed by atoms with Gasteiger partial charge in [0.25, 0.3) is 0 Å². The predicted molar refractivity (Wildman–Crippen MR) is 244 cm³/mol. The van der Waals surface area contributed by atoms with Gasteiger partial charge in [0.2, 0.25) is 0 Å². The molecule has 0 bridgehead atoms. The number of carbonyl (C=O) groups excluding carboxylic acids is 1. The monoisotopic (exact) mass is 881 g/mol. The fourth-order valence-corrected chi connectivity index (χ4v) is 7.37. The third kappa shape index (κ3) is 30.3. The minimum atomic E-state index is -5.03. The third-order valence-electron chi connectivity index (χ3n) is 10.0. The van der Waals surface area contributed by atoms with E-state index in [1.807, 2.05) is 0 Å². The van der Waals surface area contributed by atoms with E-state index in [1.165, 1.54) is 38.5 Å². The number of unbranched alkanes of at least 4 members (excludes halogenated alkanes) is 11. The number of phosphoric acid groups is 1. The highest BCUT2D eigenvalue weighted by Crippen LogP contribution is 2.47. The van der Waals surface area contributed by atoms with E-state index in [2.05, 4.69) is 98.9 Å². The molecule has 6 atom stereocenters. The number of hydrogen-bond donors (Lipinski definition) is 6. The highest BCUT2D eigenvalue weighted by molar-refractivity contribution is 7.47. The van der Waals surface area contributed by atoms with Gasteiger partial charge in [-0.3, -0.25) is 13.8 Å². The number of rotatable bonds is 37. The fraction of sp³-hybridized carbons (Fsp3) is 0.688. The lowest BCUT2D eigenvalue weighted by Crippen LogP contribution is -2.64. The molecule has 0 aromatic rings. The van der Waals surface area contributed by atoms with Crippen molar-refractivity contribution in [2.45, 2.75) is 191 Å². The highest BCUT2D eigenvalue weighted by Gasteiger charge is 2.51. The van der Waals surface area contributed by atoms with E-state index >= 15 is 0 Å². The van der Waals surface area contributed by atoms with E-state index in [9.17, 15) is 39.8 Å². The molecule has 61 heavy (non-hydrogen) atoms. The van der Waals surface area contributed by atoms with Gasteiger partial charge in [0, 0.05) is 13.0 Å². The van der Waals surface area contributed by atoms with E-state index in [-0.39, 0.29) is 13.0 Å². The molecule has 0 spiro atoms. The van der Waals surface area contributed by atoms with Crippen molar-refractivity contribution in [1.29, 1.82) is 0 Å². The molecule has 1 saturated carbocycles. The van der Waals surface area contributed by atoms with Crippen LogP contribution in [0.5, 0.6) is 0 Å². The minimum Gasteiger partial charge on any atom is -0.457 e. The van der Waals surface area contributed by atoms with Gasteiger partial charge in [0.1, 0.15) is 42.7 Å². The number of aliphatic hydroxyl groups excluding tert-OH is 5. The maximum absolute atomic E-state index is 12.8. The Balaban J connectivity index is 2.40. The van der Waals surface area contributed by atoms with Crippen molar-refractivity contribution in [2.24, 2.45) is 0 Å². The van der Waals surface area contributed by atoms with Crippen molar-refractivity contribution in [1.82, 2.24) is 0 Å². The number of aliphatic hydroxyl groups is 5. The summed E-state index contributed by atoms with van der Waals surface area (Å²) < 4.78 is 34.0. The number of phosphoric ester groups is 1. The molecule has 0 aromatic carbocycles. The van der Waals surface area contributed by atoms with Crippen LogP contribution in [-0.4, -0.2) is 98.9 Å². The van der Waals surface area contributed by atoms with Crippen LogP contribution in [0.15, 0.2) is 85.1 Å². The van der Waals surface area contributed by atoms with Gasteiger partial charge in [0.15, 0.2) is 0 Å². The topological polar surface area (TPSA) is 192 Å². The van der Waals surface area contributed by atoms with Crippen molar-refractivity contribution in [3.05, 3.63) is 85.1 Å². The molecule has 1 fully saturated rings. The summed E-state index contributed by atoms with van der Waals surface area (Å²) in [6.45, 7) is 4.00. The quantitative estimate of drug-likeness (QED) is 0.0150. The number of esters is 1. The van der Waals surface area contributed by atoms with Gasteiger partial charge in [-0.1, -0.05) is 157 Å². The van der Waals surface area contributed by atoms with Crippen molar-refractivity contribution in [3.8, 4) is 0 Å². The van der Waals surface area contributed by atoms with Crippen molar-refractivity contribution < 1.29 is 58.3 Å². The molecule has 13 heteroatoms. The number of allylic oxidation sites excluding steroid dienone is 14. The van der Waals surface area contributed by atoms with Crippen LogP contribution < -0.4 is 0 Å². The lowest BCUT2D eigenvalue weighted by Gasteiger charge is -2.41. The van der Waals surface area contributed by atoms with Gasteiger partial charge in [-0.2, -0.15) is 0 Å². The summed E-state index contributed by atoms with van der Waals surface area (Å²) in [5, 5.41) is 50.1. The number of carbonyl (C=O) groups is 1. The molecule has 12 nitrogen and oxygen atoms in total. The van der Waals surface area contributed by atoms with Crippen molar-refractivity contribution in [2.75, 3.05) is 19.8 Å². The molecule has 1 aliphatic carbocycles. The molecule has 350 valence electrons. The standard InChI is InChI=1S/C48H81O12P/c1-3-5-7-9-11-13-15-16-17-18-19-20-21-22-23-24-25-26-27-28-30-32-34-36-38-57-39-41(59-42(49)37-35-33-31-29-14-12-10-8-6-4-2)40-58-61(55,56)60-48-46(53)44(51)43(50)45(52)47(48)54/h5,7,11,13,16-17,19-20,22-23,25-26,28,30,41,43-48,50-54H,3-4,6,8-10,12,14-15,18,21,24,27,29,31-40H2,1-2H3,(H,55,56)/b7-5-,13-11-,17-16-,20-19-,23-22-,26-25-,30-28-. The SMILES string of the molecule is CC/C=C\C/C=C\C/C=C\C/C=C\C/C=C\C/C=C\C/C=C\CCCCOCC(COP(=O)(O)OC1C(O)C(O)C(O)C(O)C1O)OC(=O)CCCCCCCCCCCC. The summed E-state index contributed by atoms with van der Waals surface area (Å²) in [5.41, 5.74) is 0. The maximum Gasteiger partial charge on any atom is 0.472 e. The first-order chi connectivity index (χ1) is 29.5. The first-order valence-corrected chi connectivity index (χ1v) is 24.4. The average molecular weight is 881 g/mol. The molecule has 0 aliphatic heterocycles. The summed E-state index contributed by atoms with van der Waals surface area (Å²) in [6.07, 6.45) is 38.1. The van der Waals surface area contributed by atoms with Gasteiger partial charge in [0.05, 0.1) is 13.2 Å². The van der Waals surface area contributed by atoms with Crippen LogP contribution in [0.1, 0.15) is 149 Å². The van der Waals surface area contributed by atoms with E-state index in [4.69, 9.17) is 18.5 Å². The Hall–Kier alpha value is -2.48. The summed E-state index contributed by atoms with van der Waals surface area (Å²) in [4.78, 5) is 23.1. The zero-order valence-corrected chi connectivity index (χ0v) is 38.1. The van der Waals surface area contributed by atoms with E-state index < -0.39 is 63.1 Å². The van der Waals surface area contributed by atoms with Crippen molar-refractivity contribution >= 4 is 13.8 Å². The lowest BCUT2D eigenvalue weighted by atomic mass is 9.85. The van der Waals surface area contributed by atoms with Crippen LogP contribution in [-0.2, 0) is 27.9 Å². The van der Waals surface area contributed by atoms with Gasteiger partial charge in [-0.25, -0.2) is 4.57 Å². The van der Waals surface area contributed by atoms with E-state index in [1.54, 1.807) is 0 Å². The first kappa shape index (κ1) is 56.5. The molecule has 0 radical (unpaired) electrons. The van der Waals surface area contributed by atoms with Gasteiger partial charge in [-0.05, 0) is 70.6 Å². The molecular formula is C48H81O12P. The Morgan fingerprint density at radius 1 is 0.541 bits per heavy atom. The van der Waals surface area contributed by atoms with E-state index in [0.29, 0.717) is 13.0 Å². The largest absolute Gasteiger partial charge is 0.472 e. The Morgan fingerprint density at radius 2 is 0.967 bits per heavy atom. The second-order valence-electron chi connectivity index (χ2n) is 15.5. The summed E-state index contributed by atoms with van der Waals surface area (Å²) in [6, 6.07) is 0. The van der Waals surface area contributed by atoms with Crippen LogP contribution in [0.25, 0.3) is 0 Å². The van der Waals surface area contributed by atoms with Gasteiger partial charge >= 0.3 is 13.8 Å². The van der Waals surface area contributed by atoms with Crippen LogP contribution in [0.4, 0.5) is 0 Å². The Labute approximate surface area is 367 Å². The Morgan fingerprint density at radius 3 is 1.44 bits per heavy atom. The zero-order chi connectivity index (χ0) is 44.8. The number of hydrogen-bond acceptors (Lipinski definition) is 11. The molecular weight excluding hydrogens is 799 g/mol. The predicted octanol–water partition coefficient (Wildman–Crippen LogP) is 9.36. The Kier molecular flexibility index (Phi) is 35.2. The molecule has 0 aromatic heterocycles. The minimum absolute atomic E-state index is 0.111. The van der Waals surface area contributed by atoms with Gasteiger partial charge < -0.3 is 39.9 Å². The highest BCUT2D eigenvalue weighted by atomic mass is 31.2. The fourth-order valence-electron chi connectivity index (χ4n) is 6.39. The molecule has 1 rings (SSSR count). The average Bonchev–Trinajstić information content (AvgIpc) is 3.24. The second kappa shape index (κ2) is 38.0. The summed E-state index contributed by atoms with van der Waals surface area (Å²) in [5.74, 6) is -0.499. The Bertz CT molecular complexity index is 1330. The van der Waals surface area contributed by atoms with Gasteiger partial charge in [-0.15, -0.1) is 0 Å². The summed E-state index contributed by atoms with van der Waals surface area (Å²) >= 11 is 0. The molecule has 1 aliphatic rings. The zero-order valence-electron chi connectivity index (χ0n) is 37.2. The lowest BCUT2D eigenvalue weighted by molar-refractivity contribution is -0.220. The van der Waals surface area contributed by atoms with Crippen LogP contribution >= 0.6 is 7.82 Å². The molecule has 6 unspecified atom stereocenters. The first-order valence-electron chi connectivity index (χ1n) is 22.9. The maximum atomic E-state index is 12.8. The van der Waals surface area contributed by atoms with Crippen LogP contribution in [0.3, 0.4) is 0 Å². The molecule has 6 N–H and O–H groups in total. The summed E-state index contributed by atoms with van der Waals surface area (Å²) in [7, 11) is -5.03. The molecule has 0 heterocycles. The second-order valence-corrected chi connectivity index (χ2v) is 16.9. The smallest absolute Gasteiger partial charge is 0.457 e. The van der Waals surface area contributed by atoms with Crippen LogP contribution in [0.2, 0.25) is 0 Å². The normalized spacial score (nSPS) is 23.0. The molecule has 0 saturated heterocycles.